The number of hydrogen-bond donors (Lipinski definition) is 1. The lowest BCUT2D eigenvalue weighted by Gasteiger charge is -2.33. The Bertz CT molecular complexity index is 154. The Balaban J connectivity index is 2.57. The normalized spacial score (nSPS) is 31.5. The molecule has 0 aromatic carbocycles. The molecule has 1 unspecified atom stereocenters. The molecule has 0 amide bonds. The molecule has 1 N–H and O–H groups in total. The largest absolute Gasteiger partial charge is 0.457 e. The fraction of sp³-hybridized carbons (Fsp3) is 0.857. The quantitative estimate of drug-likeness (QED) is 0.496. The number of carbonyl (C=O) groups excluding carboxylic acids is 1. The number of morpholine rings is 1. The fourth-order valence-electron chi connectivity index (χ4n) is 0.879. The van der Waals surface area contributed by atoms with Crippen LogP contribution in [0.15, 0.2) is 0 Å². The van der Waals surface area contributed by atoms with Crippen molar-refractivity contribution < 1.29 is 9.53 Å². The molecule has 0 spiro atoms. The smallest absolute Gasteiger partial charge is 0.323 e. The molecular weight excluding hydrogens is 130 g/mol. The highest BCUT2D eigenvalue weighted by molar-refractivity contribution is 5.76. The first-order valence-corrected chi connectivity index (χ1v) is 3.47. The highest BCUT2D eigenvalue weighted by Gasteiger charge is 2.31. The first-order chi connectivity index (χ1) is 4.51. The molecule has 3 nitrogen and oxygen atoms in total. The van der Waals surface area contributed by atoms with E-state index in [4.69, 9.17) is 4.74 Å². The van der Waals surface area contributed by atoms with Crippen LogP contribution in [0.3, 0.4) is 0 Å². The zero-order valence-electron chi connectivity index (χ0n) is 6.60. The Morgan fingerprint density at radius 1 is 1.70 bits per heavy atom. The van der Waals surface area contributed by atoms with E-state index in [1.54, 1.807) is 6.92 Å². The molecule has 0 radical (unpaired) electrons. The summed E-state index contributed by atoms with van der Waals surface area (Å²) in [6.45, 7) is 6.32. The van der Waals surface area contributed by atoms with Gasteiger partial charge in [0, 0.05) is 6.54 Å². The van der Waals surface area contributed by atoms with Gasteiger partial charge >= 0.3 is 5.97 Å². The van der Waals surface area contributed by atoms with Gasteiger partial charge in [0.25, 0.3) is 0 Å². The van der Waals surface area contributed by atoms with Gasteiger partial charge < -0.3 is 10.1 Å². The van der Waals surface area contributed by atoms with Gasteiger partial charge in [-0.15, -0.1) is 0 Å². The molecule has 1 rings (SSSR count). The number of carbonyl (C=O) groups is 1. The van der Waals surface area contributed by atoms with Gasteiger partial charge in [0.05, 0.1) is 0 Å². The second-order valence-corrected chi connectivity index (χ2v) is 3.28. The summed E-state index contributed by atoms with van der Waals surface area (Å²) < 4.78 is 5.08. The molecule has 1 atom stereocenters. The van der Waals surface area contributed by atoms with E-state index in [9.17, 15) is 4.79 Å². The van der Waals surface area contributed by atoms with Crippen LogP contribution in [0.25, 0.3) is 0 Å². The summed E-state index contributed by atoms with van der Waals surface area (Å²) in [5.41, 5.74) is -0.330. The van der Waals surface area contributed by atoms with Crippen molar-refractivity contribution in [2.75, 3.05) is 6.54 Å². The van der Waals surface area contributed by atoms with E-state index < -0.39 is 0 Å². The predicted octanol–water partition coefficient (Wildman–Crippen LogP) is 0.300. The van der Waals surface area contributed by atoms with Crippen LogP contribution in [0.1, 0.15) is 20.8 Å². The van der Waals surface area contributed by atoms with Gasteiger partial charge in [-0.2, -0.15) is 0 Å². The lowest BCUT2D eigenvalue weighted by Crippen LogP contribution is -2.53. The maximum Gasteiger partial charge on any atom is 0.323 e. The summed E-state index contributed by atoms with van der Waals surface area (Å²) in [6.07, 6.45) is 0. The third-order valence-electron chi connectivity index (χ3n) is 1.56. The Morgan fingerprint density at radius 3 is 2.70 bits per heavy atom. The van der Waals surface area contributed by atoms with Crippen LogP contribution in [0.4, 0.5) is 0 Å². The van der Waals surface area contributed by atoms with Crippen molar-refractivity contribution in [2.24, 2.45) is 0 Å². The van der Waals surface area contributed by atoms with Crippen molar-refractivity contribution in [3.8, 4) is 0 Å². The molecule has 1 heterocycles. The SMILES string of the molecule is CC1NCC(C)(C)OC1=O. The van der Waals surface area contributed by atoms with Crippen LogP contribution < -0.4 is 5.32 Å². The summed E-state index contributed by atoms with van der Waals surface area (Å²) in [5, 5.41) is 3.05. The zero-order valence-corrected chi connectivity index (χ0v) is 6.60. The number of rotatable bonds is 0. The third-order valence-corrected chi connectivity index (χ3v) is 1.56. The minimum atomic E-state index is -0.330. The van der Waals surface area contributed by atoms with Gasteiger partial charge in [-0.1, -0.05) is 0 Å². The molecular formula is C7H13NO2. The Hall–Kier alpha value is -0.570. The maximum atomic E-state index is 10.9. The molecule has 1 fully saturated rings. The molecule has 3 heteroatoms. The summed E-state index contributed by atoms with van der Waals surface area (Å²) in [7, 11) is 0. The highest BCUT2D eigenvalue weighted by atomic mass is 16.6. The predicted molar refractivity (Wildman–Crippen MR) is 37.6 cm³/mol. The molecule has 0 bridgehead atoms. The summed E-state index contributed by atoms with van der Waals surface area (Å²) >= 11 is 0. The van der Waals surface area contributed by atoms with Crippen molar-refractivity contribution in [1.82, 2.24) is 5.32 Å². The minimum absolute atomic E-state index is 0.145. The van der Waals surface area contributed by atoms with Crippen LogP contribution >= 0.6 is 0 Å². The maximum absolute atomic E-state index is 10.9. The van der Waals surface area contributed by atoms with Crippen LogP contribution in [0.5, 0.6) is 0 Å². The first kappa shape index (κ1) is 7.54. The van der Waals surface area contributed by atoms with Crippen molar-refractivity contribution in [3.63, 3.8) is 0 Å². The molecule has 10 heavy (non-hydrogen) atoms. The van der Waals surface area contributed by atoms with E-state index in [2.05, 4.69) is 5.32 Å². The van der Waals surface area contributed by atoms with Crippen LogP contribution in [-0.4, -0.2) is 24.2 Å². The minimum Gasteiger partial charge on any atom is -0.457 e. The van der Waals surface area contributed by atoms with Gasteiger partial charge in [0.1, 0.15) is 11.6 Å². The van der Waals surface area contributed by atoms with E-state index in [-0.39, 0.29) is 17.6 Å². The van der Waals surface area contributed by atoms with Gasteiger partial charge in [0.15, 0.2) is 0 Å². The van der Waals surface area contributed by atoms with Crippen LogP contribution in [0.2, 0.25) is 0 Å². The summed E-state index contributed by atoms with van der Waals surface area (Å²) in [5.74, 6) is -0.156. The number of nitrogens with one attached hydrogen (secondary N) is 1. The van der Waals surface area contributed by atoms with E-state index in [1.165, 1.54) is 0 Å². The molecule has 0 aromatic rings. The molecule has 1 saturated heterocycles. The lowest BCUT2D eigenvalue weighted by molar-refractivity contribution is -0.164. The summed E-state index contributed by atoms with van der Waals surface area (Å²) in [6, 6.07) is -0.145. The first-order valence-electron chi connectivity index (χ1n) is 3.47. The van der Waals surface area contributed by atoms with Crippen LogP contribution in [0, 0.1) is 0 Å². The van der Waals surface area contributed by atoms with E-state index >= 15 is 0 Å². The van der Waals surface area contributed by atoms with Crippen molar-refractivity contribution >= 4 is 5.97 Å². The van der Waals surface area contributed by atoms with E-state index in [0.717, 1.165) is 6.54 Å². The average molecular weight is 143 g/mol. The van der Waals surface area contributed by atoms with Crippen LogP contribution in [-0.2, 0) is 9.53 Å². The van der Waals surface area contributed by atoms with Gasteiger partial charge in [-0.3, -0.25) is 4.79 Å². The fourth-order valence-corrected chi connectivity index (χ4v) is 0.879. The number of ether oxygens (including phenoxy) is 1. The molecule has 1 aliphatic rings. The molecule has 0 saturated carbocycles. The van der Waals surface area contributed by atoms with Gasteiger partial charge in [0.2, 0.25) is 0 Å². The van der Waals surface area contributed by atoms with Gasteiger partial charge in [-0.05, 0) is 20.8 Å². The second kappa shape index (κ2) is 2.23. The number of cyclic esters (lactones) is 1. The van der Waals surface area contributed by atoms with E-state index in [0.29, 0.717) is 0 Å². The highest BCUT2D eigenvalue weighted by Crippen LogP contribution is 2.13. The van der Waals surface area contributed by atoms with Gasteiger partial charge in [-0.25, -0.2) is 0 Å². The van der Waals surface area contributed by atoms with Crippen molar-refractivity contribution in [2.45, 2.75) is 32.4 Å². The standard InChI is InChI=1S/C7H13NO2/c1-5-6(9)10-7(2,3)4-8-5/h5,8H,4H2,1-3H3. The Morgan fingerprint density at radius 2 is 2.30 bits per heavy atom. The molecule has 0 aromatic heterocycles. The van der Waals surface area contributed by atoms with E-state index in [1.807, 2.05) is 13.8 Å². The third kappa shape index (κ3) is 1.48. The Labute approximate surface area is 60.7 Å². The zero-order chi connectivity index (χ0) is 7.78. The van der Waals surface area contributed by atoms with Crippen molar-refractivity contribution in [1.29, 1.82) is 0 Å². The Kier molecular flexibility index (Phi) is 1.68. The average Bonchev–Trinajstić information content (AvgIpc) is 1.79. The molecule has 58 valence electrons. The monoisotopic (exact) mass is 143 g/mol. The van der Waals surface area contributed by atoms with Crippen molar-refractivity contribution in [3.05, 3.63) is 0 Å². The second-order valence-electron chi connectivity index (χ2n) is 3.28. The number of hydrogen-bond acceptors (Lipinski definition) is 3. The summed E-state index contributed by atoms with van der Waals surface area (Å²) in [4.78, 5) is 10.9. The lowest BCUT2D eigenvalue weighted by atomic mass is 10.1. The topological polar surface area (TPSA) is 38.3 Å². The molecule has 0 aliphatic carbocycles. The molecule has 1 aliphatic heterocycles. The number of esters is 1.